The van der Waals surface area contributed by atoms with E-state index in [2.05, 4.69) is 4.98 Å². The highest BCUT2D eigenvalue weighted by molar-refractivity contribution is 8.14. The van der Waals surface area contributed by atoms with Crippen molar-refractivity contribution in [3.63, 3.8) is 0 Å². The Bertz CT molecular complexity index is 764. The van der Waals surface area contributed by atoms with Gasteiger partial charge in [0.25, 0.3) is 5.69 Å². The summed E-state index contributed by atoms with van der Waals surface area (Å²) >= 11 is 1.26. The predicted octanol–water partition coefficient (Wildman–Crippen LogP) is 2.80. The van der Waals surface area contributed by atoms with Crippen molar-refractivity contribution in [1.82, 2.24) is 4.98 Å². The van der Waals surface area contributed by atoms with Gasteiger partial charge >= 0.3 is 0 Å². The van der Waals surface area contributed by atoms with Gasteiger partial charge in [0.2, 0.25) is 9.05 Å². The largest absolute Gasteiger partial charge is 0.270 e. The molecule has 0 N–H and O–H groups in total. The fourth-order valence-electron chi connectivity index (χ4n) is 1.53. The molecule has 0 bridgehead atoms. The van der Waals surface area contributed by atoms with Gasteiger partial charge in [0.15, 0.2) is 0 Å². The Morgan fingerprint density at radius 1 is 1.30 bits per heavy atom. The number of aromatic nitrogens is 1. The van der Waals surface area contributed by atoms with E-state index in [1.165, 1.54) is 23.9 Å². The summed E-state index contributed by atoms with van der Waals surface area (Å²) in [5.74, 6) is 0.163. The van der Waals surface area contributed by atoms with Gasteiger partial charge in [-0.05, 0) is 18.2 Å². The fourth-order valence-corrected chi connectivity index (χ4v) is 3.77. The number of hydrogen-bond donors (Lipinski definition) is 0. The smallest absolute Gasteiger partial charge is 0.258 e. The standard InChI is InChI=1S/C11H9ClN2O4S2/c12-20(17,18)6-5-19-11-4-1-8-7-9(14(15)16)2-3-10(8)13-11/h1-4,7H,5-6H2. The third-order valence-electron chi connectivity index (χ3n) is 2.44. The Kier molecular flexibility index (Phi) is 4.46. The predicted molar refractivity (Wildman–Crippen MR) is 78.8 cm³/mol. The topological polar surface area (TPSA) is 90.2 Å². The van der Waals surface area contributed by atoms with E-state index < -0.39 is 14.0 Å². The SMILES string of the molecule is O=[N+]([O-])c1ccc2nc(SCCS(=O)(=O)Cl)ccc2c1. The fraction of sp³-hybridized carbons (Fsp3) is 0.182. The third kappa shape index (κ3) is 4.06. The van der Waals surface area contributed by atoms with Crippen molar-refractivity contribution in [2.24, 2.45) is 0 Å². The van der Waals surface area contributed by atoms with Crippen molar-refractivity contribution >= 4 is 48.1 Å². The second-order valence-corrected chi connectivity index (χ2v) is 7.89. The Hall–Kier alpha value is -1.38. The van der Waals surface area contributed by atoms with Crippen LogP contribution in [0.2, 0.25) is 0 Å². The maximum atomic E-state index is 10.8. The number of hydrogen-bond acceptors (Lipinski definition) is 6. The molecule has 0 unspecified atom stereocenters. The summed E-state index contributed by atoms with van der Waals surface area (Å²) < 4.78 is 21.6. The first-order valence-electron chi connectivity index (χ1n) is 5.45. The van der Waals surface area contributed by atoms with Crippen LogP contribution in [0.25, 0.3) is 10.9 Å². The highest BCUT2D eigenvalue weighted by Gasteiger charge is 2.09. The van der Waals surface area contributed by atoms with Crippen LogP contribution >= 0.6 is 22.4 Å². The average Bonchev–Trinajstić information content (AvgIpc) is 2.36. The first-order valence-corrected chi connectivity index (χ1v) is 8.92. The molecule has 0 aliphatic rings. The molecule has 0 aliphatic carbocycles. The number of nitrogens with zero attached hydrogens (tertiary/aromatic N) is 2. The summed E-state index contributed by atoms with van der Waals surface area (Å²) in [5, 5.41) is 12.0. The number of pyridine rings is 1. The molecule has 0 spiro atoms. The summed E-state index contributed by atoms with van der Waals surface area (Å²) in [7, 11) is 1.61. The summed E-state index contributed by atoms with van der Waals surface area (Å²) in [6, 6.07) is 7.80. The zero-order chi connectivity index (χ0) is 14.8. The van der Waals surface area contributed by atoms with Gasteiger partial charge in [-0.3, -0.25) is 10.1 Å². The van der Waals surface area contributed by atoms with Crippen LogP contribution in [0.3, 0.4) is 0 Å². The van der Waals surface area contributed by atoms with E-state index in [1.807, 2.05) is 0 Å². The van der Waals surface area contributed by atoms with Gasteiger partial charge in [-0.2, -0.15) is 0 Å². The van der Waals surface area contributed by atoms with Crippen molar-refractivity contribution in [2.45, 2.75) is 5.03 Å². The number of nitro groups is 1. The van der Waals surface area contributed by atoms with Gasteiger partial charge in [0, 0.05) is 34.0 Å². The van der Waals surface area contributed by atoms with Gasteiger partial charge in [-0.15, -0.1) is 11.8 Å². The first-order chi connectivity index (χ1) is 9.35. The Labute approximate surface area is 123 Å². The molecular formula is C11H9ClN2O4S2. The van der Waals surface area contributed by atoms with Crippen molar-refractivity contribution < 1.29 is 13.3 Å². The van der Waals surface area contributed by atoms with Crippen molar-refractivity contribution in [3.05, 3.63) is 40.4 Å². The first kappa shape index (κ1) is 15.0. The van der Waals surface area contributed by atoms with Gasteiger partial charge in [0.1, 0.15) is 0 Å². The van der Waals surface area contributed by atoms with E-state index in [4.69, 9.17) is 10.7 Å². The second kappa shape index (κ2) is 5.94. The van der Waals surface area contributed by atoms with E-state index in [0.29, 0.717) is 21.7 Å². The number of nitro benzene ring substituents is 1. The van der Waals surface area contributed by atoms with Gasteiger partial charge in [-0.25, -0.2) is 13.4 Å². The lowest BCUT2D eigenvalue weighted by atomic mass is 10.2. The number of thioether (sulfide) groups is 1. The van der Waals surface area contributed by atoms with Crippen LogP contribution in [-0.4, -0.2) is 29.8 Å². The van der Waals surface area contributed by atoms with Crippen LogP contribution in [-0.2, 0) is 9.05 Å². The zero-order valence-electron chi connectivity index (χ0n) is 10.0. The Morgan fingerprint density at radius 3 is 2.70 bits per heavy atom. The molecule has 1 aromatic heterocycles. The van der Waals surface area contributed by atoms with Gasteiger partial charge < -0.3 is 0 Å². The van der Waals surface area contributed by atoms with Gasteiger partial charge in [-0.1, -0.05) is 0 Å². The molecule has 2 aromatic rings. The summed E-state index contributed by atoms with van der Waals surface area (Å²) in [4.78, 5) is 14.5. The van der Waals surface area contributed by atoms with Gasteiger partial charge in [0.05, 0.1) is 21.2 Å². The summed E-state index contributed by atoms with van der Waals surface area (Å²) in [5.41, 5.74) is 0.627. The molecule has 0 radical (unpaired) electrons. The van der Waals surface area contributed by atoms with E-state index in [0.717, 1.165) is 0 Å². The molecule has 0 saturated heterocycles. The third-order valence-corrected chi connectivity index (χ3v) is 4.78. The Morgan fingerprint density at radius 2 is 2.05 bits per heavy atom. The molecule has 1 aromatic carbocycles. The highest BCUT2D eigenvalue weighted by Crippen LogP contribution is 2.23. The molecule has 20 heavy (non-hydrogen) atoms. The molecule has 106 valence electrons. The zero-order valence-corrected chi connectivity index (χ0v) is 12.4. The Balaban J connectivity index is 2.17. The molecule has 6 nitrogen and oxygen atoms in total. The molecule has 0 aliphatic heterocycles. The van der Waals surface area contributed by atoms with E-state index in [1.54, 1.807) is 18.2 Å². The average molecular weight is 333 g/mol. The summed E-state index contributed by atoms with van der Waals surface area (Å²) in [6.07, 6.45) is 0. The number of fused-ring (bicyclic) bond motifs is 1. The number of non-ortho nitro benzene ring substituents is 1. The lowest BCUT2D eigenvalue weighted by Crippen LogP contribution is -1.99. The minimum atomic E-state index is -3.50. The van der Waals surface area contributed by atoms with Crippen molar-refractivity contribution in [1.29, 1.82) is 0 Å². The lowest BCUT2D eigenvalue weighted by molar-refractivity contribution is -0.384. The molecule has 9 heteroatoms. The maximum absolute atomic E-state index is 10.8. The van der Waals surface area contributed by atoms with Crippen molar-refractivity contribution in [3.8, 4) is 0 Å². The number of halogens is 1. The molecule has 0 saturated carbocycles. The maximum Gasteiger partial charge on any atom is 0.270 e. The van der Waals surface area contributed by atoms with E-state index in [9.17, 15) is 18.5 Å². The second-order valence-electron chi connectivity index (χ2n) is 3.88. The molecule has 0 fully saturated rings. The molecule has 2 rings (SSSR count). The van der Waals surface area contributed by atoms with Crippen LogP contribution in [0.15, 0.2) is 35.4 Å². The minimum absolute atomic E-state index is 0.00735. The van der Waals surface area contributed by atoms with E-state index in [-0.39, 0.29) is 11.4 Å². The normalized spacial score (nSPS) is 11.7. The highest BCUT2D eigenvalue weighted by atomic mass is 35.7. The van der Waals surface area contributed by atoms with Crippen LogP contribution in [0.4, 0.5) is 5.69 Å². The number of rotatable bonds is 5. The minimum Gasteiger partial charge on any atom is -0.258 e. The van der Waals surface area contributed by atoms with Crippen LogP contribution in [0.1, 0.15) is 0 Å². The van der Waals surface area contributed by atoms with Crippen LogP contribution in [0, 0.1) is 10.1 Å². The summed E-state index contributed by atoms with van der Waals surface area (Å²) in [6.45, 7) is 0. The van der Waals surface area contributed by atoms with E-state index >= 15 is 0 Å². The number of benzene rings is 1. The molecule has 1 heterocycles. The van der Waals surface area contributed by atoms with Crippen molar-refractivity contribution in [2.75, 3.05) is 11.5 Å². The van der Waals surface area contributed by atoms with Crippen LogP contribution in [0.5, 0.6) is 0 Å². The molecule has 0 atom stereocenters. The quantitative estimate of drug-likeness (QED) is 0.362. The van der Waals surface area contributed by atoms with Crippen LogP contribution < -0.4 is 0 Å². The lowest BCUT2D eigenvalue weighted by Gasteiger charge is -2.02. The monoisotopic (exact) mass is 332 g/mol. The molecule has 0 amide bonds. The molecular weight excluding hydrogens is 324 g/mol.